The van der Waals surface area contributed by atoms with Gasteiger partial charge in [0.25, 0.3) is 0 Å². The Balaban J connectivity index is 0.000000815. The summed E-state index contributed by atoms with van der Waals surface area (Å²) < 4.78 is 0. The zero-order valence-corrected chi connectivity index (χ0v) is 16.7. The fourth-order valence-electron chi connectivity index (χ4n) is 7.66. The van der Waals surface area contributed by atoms with E-state index >= 15 is 0 Å². The number of fused-ring (bicyclic) bond motifs is 5. The number of hydrogen-bond donors (Lipinski definition) is 3. The number of aliphatic hydroxyl groups excluding tert-OH is 2. The van der Waals surface area contributed by atoms with E-state index in [0.717, 1.165) is 42.4 Å². The van der Waals surface area contributed by atoms with Crippen molar-refractivity contribution in [1.82, 2.24) is 0 Å². The van der Waals surface area contributed by atoms with Gasteiger partial charge in [0.2, 0.25) is 0 Å². The molecule has 0 radical (unpaired) electrons. The van der Waals surface area contributed by atoms with Gasteiger partial charge in [-0.15, -0.1) is 0 Å². The standard InChI is InChI=1S/C20H34O2.CH4S/c1-12(21)18-7-8-19-17-5-3-13-11-14(22)4-6-15(13)16(17)9-10-20(18,19)2;1-2/h12-19,21-22H,3-11H2,1-2H3;2H,1H3. The summed E-state index contributed by atoms with van der Waals surface area (Å²) in [6, 6.07) is 0. The highest BCUT2D eigenvalue weighted by Crippen LogP contribution is 2.64. The van der Waals surface area contributed by atoms with Crippen molar-refractivity contribution in [3.05, 3.63) is 0 Å². The molecule has 4 rings (SSSR count). The van der Waals surface area contributed by atoms with Crippen LogP contribution in [0.2, 0.25) is 0 Å². The first-order chi connectivity index (χ1) is 11.5. The minimum atomic E-state index is -0.132. The quantitative estimate of drug-likeness (QED) is 0.605. The van der Waals surface area contributed by atoms with E-state index in [1.54, 1.807) is 6.26 Å². The Morgan fingerprint density at radius 2 is 1.62 bits per heavy atom. The molecule has 9 unspecified atom stereocenters. The van der Waals surface area contributed by atoms with E-state index < -0.39 is 0 Å². The van der Waals surface area contributed by atoms with Gasteiger partial charge in [-0.05, 0) is 112 Å². The predicted molar refractivity (Wildman–Crippen MR) is 103 cm³/mol. The van der Waals surface area contributed by atoms with Crippen molar-refractivity contribution in [3.8, 4) is 0 Å². The van der Waals surface area contributed by atoms with Crippen molar-refractivity contribution in [1.29, 1.82) is 0 Å². The van der Waals surface area contributed by atoms with Crippen molar-refractivity contribution in [3.63, 3.8) is 0 Å². The van der Waals surface area contributed by atoms with Crippen molar-refractivity contribution in [2.45, 2.75) is 83.8 Å². The Kier molecular flexibility index (Phi) is 5.94. The number of rotatable bonds is 1. The van der Waals surface area contributed by atoms with Crippen LogP contribution in [-0.2, 0) is 0 Å². The molecule has 0 heterocycles. The second-order valence-electron chi connectivity index (χ2n) is 9.37. The molecule has 140 valence electrons. The van der Waals surface area contributed by atoms with Crippen LogP contribution < -0.4 is 0 Å². The van der Waals surface area contributed by atoms with E-state index in [2.05, 4.69) is 19.6 Å². The largest absolute Gasteiger partial charge is 0.393 e. The molecule has 0 aliphatic heterocycles. The first-order valence-electron chi connectivity index (χ1n) is 10.3. The summed E-state index contributed by atoms with van der Waals surface area (Å²) in [6.45, 7) is 4.51. The average Bonchev–Trinajstić information content (AvgIpc) is 2.93. The van der Waals surface area contributed by atoms with Crippen molar-refractivity contribution in [2.24, 2.45) is 40.9 Å². The van der Waals surface area contributed by atoms with Gasteiger partial charge < -0.3 is 10.2 Å². The van der Waals surface area contributed by atoms with E-state index in [0.29, 0.717) is 11.3 Å². The summed E-state index contributed by atoms with van der Waals surface area (Å²) in [5.74, 6) is 4.94. The lowest BCUT2D eigenvalue weighted by atomic mass is 9.49. The molecule has 4 saturated carbocycles. The SMILES string of the molecule is CC(O)C1CCC2C3CCC4CC(O)CCC4C3CCC12C.CS. The highest BCUT2D eigenvalue weighted by molar-refractivity contribution is 7.79. The monoisotopic (exact) mass is 354 g/mol. The Morgan fingerprint density at radius 3 is 2.33 bits per heavy atom. The van der Waals surface area contributed by atoms with E-state index in [4.69, 9.17) is 0 Å². The maximum Gasteiger partial charge on any atom is 0.0545 e. The highest BCUT2D eigenvalue weighted by atomic mass is 32.1. The van der Waals surface area contributed by atoms with Gasteiger partial charge in [0.15, 0.2) is 0 Å². The van der Waals surface area contributed by atoms with Gasteiger partial charge in [0.05, 0.1) is 12.2 Å². The summed E-state index contributed by atoms with van der Waals surface area (Å²) in [4.78, 5) is 0. The lowest BCUT2D eigenvalue weighted by molar-refractivity contribution is -0.0886. The van der Waals surface area contributed by atoms with E-state index in [1.165, 1.54) is 44.9 Å². The molecular formula is C21H38O2S. The molecule has 0 amide bonds. The molecule has 3 heteroatoms. The fraction of sp³-hybridized carbons (Fsp3) is 1.00. The van der Waals surface area contributed by atoms with Crippen LogP contribution in [0.5, 0.6) is 0 Å². The van der Waals surface area contributed by atoms with Crippen molar-refractivity contribution >= 4 is 12.6 Å². The molecule has 4 aliphatic rings. The third kappa shape index (κ3) is 3.07. The van der Waals surface area contributed by atoms with Gasteiger partial charge in [-0.25, -0.2) is 0 Å². The highest BCUT2D eigenvalue weighted by Gasteiger charge is 2.57. The van der Waals surface area contributed by atoms with Gasteiger partial charge in [-0.3, -0.25) is 0 Å². The molecule has 2 N–H and O–H groups in total. The average molecular weight is 355 g/mol. The number of aliphatic hydroxyl groups is 2. The predicted octanol–water partition coefficient (Wildman–Crippen LogP) is 4.54. The molecule has 2 nitrogen and oxygen atoms in total. The van der Waals surface area contributed by atoms with Gasteiger partial charge in [0, 0.05) is 0 Å². The number of thiol groups is 1. The molecule has 4 fully saturated rings. The summed E-state index contributed by atoms with van der Waals surface area (Å²) in [6.07, 6.45) is 13.0. The summed E-state index contributed by atoms with van der Waals surface area (Å²) in [7, 11) is 0. The zero-order valence-electron chi connectivity index (χ0n) is 15.8. The molecule has 0 saturated heterocycles. The second-order valence-corrected chi connectivity index (χ2v) is 9.37. The molecule has 0 spiro atoms. The van der Waals surface area contributed by atoms with E-state index in [1.807, 2.05) is 6.92 Å². The molecule has 24 heavy (non-hydrogen) atoms. The van der Waals surface area contributed by atoms with Crippen LogP contribution in [0, 0.1) is 40.9 Å². The van der Waals surface area contributed by atoms with Crippen molar-refractivity contribution < 1.29 is 10.2 Å². The Morgan fingerprint density at radius 1 is 0.917 bits per heavy atom. The molecule has 0 aromatic rings. The smallest absolute Gasteiger partial charge is 0.0545 e. The van der Waals surface area contributed by atoms with Gasteiger partial charge in [-0.2, -0.15) is 12.6 Å². The second kappa shape index (κ2) is 7.48. The Labute approximate surface area is 154 Å². The normalized spacial score (nSPS) is 51.5. The Hall–Kier alpha value is 0.270. The Bertz CT molecular complexity index is 426. The van der Waals surface area contributed by atoms with Crippen LogP contribution >= 0.6 is 12.6 Å². The van der Waals surface area contributed by atoms with Gasteiger partial charge in [0.1, 0.15) is 0 Å². The maximum absolute atomic E-state index is 10.2. The van der Waals surface area contributed by atoms with Crippen LogP contribution in [0.3, 0.4) is 0 Å². The molecule has 4 aliphatic carbocycles. The van der Waals surface area contributed by atoms with Gasteiger partial charge >= 0.3 is 0 Å². The van der Waals surface area contributed by atoms with Crippen LogP contribution in [0.1, 0.15) is 71.6 Å². The van der Waals surface area contributed by atoms with Crippen molar-refractivity contribution in [2.75, 3.05) is 6.26 Å². The molecule has 9 atom stereocenters. The van der Waals surface area contributed by atoms with Crippen LogP contribution in [0.4, 0.5) is 0 Å². The lowest BCUT2D eigenvalue weighted by Crippen LogP contribution is -2.49. The summed E-state index contributed by atoms with van der Waals surface area (Å²) >= 11 is 3.53. The molecule has 0 aromatic carbocycles. The van der Waals surface area contributed by atoms with Crippen LogP contribution in [0.15, 0.2) is 0 Å². The summed E-state index contributed by atoms with van der Waals surface area (Å²) in [5, 5.41) is 20.2. The third-order valence-corrected chi connectivity index (χ3v) is 8.58. The fourth-order valence-corrected chi connectivity index (χ4v) is 7.66. The summed E-state index contributed by atoms with van der Waals surface area (Å²) in [5.41, 5.74) is 0.399. The maximum atomic E-state index is 10.2. The molecule has 0 bridgehead atoms. The molecule has 0 aromatic heterocycles. The lowest BCUT2D eigenvalue weighted by Gasteiger charge is -2.56. The van der Waals surface area contributed by atoms with E-state index in [-0.39, 0.29) is 12.2 Å². The first kappa shape index (κ1) is 19.0. The zero-order chi connectivity index (χ0) is 17.5. The topological polar surface area (TPSA) is 40.5 Å². The van der Waals surface area contributed by atoms with Gasteiger partial charge in [-0.1, -0.05) is 6.92 Å². The third-order valence-electron chi connectivity index (χ3n) is 8.58. The van der Waals surface area contributed by atoms with Crippen LogP contribution in [0.25, 0.3) is 0 Å². The van der Waals surface area contributed by atoms with E-state index in [9.17, 15) is 10.2 Å². The minimum Gasteiger partial charge on any atom is -0.393 e. The number of hydrogen-bond acceptors (Lipinski definition) is 3. The first-order valence-corrected chi connectivity index (χ1v) is 11.2. The minimum absolute atomic E-state index is 0.0160. The molecular weight excluding hydrogens is 316 g/mol. The van der Waals surface area contributed by atoms with Crippen LogP contribution in [-0.4, -0.2) is 28.7 Å².